The molecule has 0 aliphatic rings. The molecule has 0 fully saturated rings. The quantitative estimate of drug-likeness (QED) is 0.605. The molecule has 1 aromatic rings. The van der Waals surface area contributed by atoms with Crippen LogP contribution < -0.4 is 0 Å². The van der Waals surface area contributed by atoms with Crippen molar-refractivity contribution in [3.8, 4) is 0 Å². The van der Waals surface area contributed by atoms with Gasteiger partial charge in [-0.15, -0.1) is 0 Å². The molecule has 0 atom stereocenters. The molecule has 3 heteroatoms. The number of hydrogen-bond acceptors (Lipinski definition) is 2. The fourth-order valence-corrected chi connectivity index (χ4v) is 1.63. The van der Waals surface area contributed by atoms with Crippen molar-refractivity contribution < 1.29 is 0 Å². The zero-order chi connectivity index (χ0) is 11.3. The van der Waals surface area contributed by atoms with Gasteiger partial charge < -0.3 is 4.90 Å². The summed E-state index contributed by atoms with van der Waals surface area (Å²) in [7, 11) is 0. The van der Waals surface area contributed by atoms with Gasteiger partial charge in [-0.1, -0.05) is 13.0 Å². The second kappa shape index (κ2) is 5.49. The summed E-state index contributed by atoms with van der Waals surface area (Å²) in [6, 6.07) is 3.97. The van der Waals surface area contributed by atoms with Crippen LogP contribution in [0.3, 0.4) is 0 Å². The molecule has 82 valence electrons. The van der Waals surface area contributed by atoms with Crippen molar-refractivity contribution in [2.75, 3.05) is 13.1 Å². The van der Waals surface area contributed by atoms with Crippen LogP contribution in [0.25, 0.3) is 0 Å². The summed E-state index contributed by atoms with van der Waals surface area (Å²) in [5.74, 6) is 0.539. The zero-order valence-corrected chi connectivity index (χ0v) is 9.75. The van der Waals surface area contributed by atoms with Crippen molar-refractivity contribution in [2.24, 2.45) is 0 Å². The average Bonchev–Trinajstić information content (AvgIpc) is 2.30. The van der Waals surface area contributed by atoms with E-state index in [2.05, 4.69) is 25.8 Å². The van der Waals surface area contributed by atoms with Gasteiger partial charge in [-0.2, -0.15) is 0 Å². The molecule has 0 bridgehead atoms. The fourth-order valence-electron chi connectivity index (χ4n) is 1.63. The third kappa shape index (κ3) is 2.55. The average molecular weight is 205 g/mol. The van der Waals surface area contributed by atoms with E-state index in [-0.39, 0.29) is 0 Å². The van der Waals surface area contributed by atoms with E-state index in [0.29, 0.717) is 5.84 Å². The Balaban J connectivity index is 2.99. The molecule has 1 aromatic heterocycles. The number of aromatic nitrogens is 1. The Bertz CT molecular complexity index is 329. The van der Waals surface area contributed by atoms with Gasteiger partial charge in [0, 0.05) is 19.3 Å². The van der Waals surface area contributed by atoms with Crippen molar-refractivity contribution in [2.45, 2.75) is 27.2 Å². The van der Waals surface area contributed by atoms with E-state index in [9.17, 15) is 0 Å². The summed E-state index contributed by atoms with van der Waals surface area (Å²) in [5, 5.41) is 8.09. The van der Waals surface area contributed by atoms with Gasteiger partial charge in [0.2, 0.25) is 0 Å². The van der Waals surface area contributed by atoms with Crippen LogP contribution >= 0.6 is 0 Å². The summed E-state index contributed by atoms with van der Waals surface area (Å²) in [6.07, 6.45) is 2.68. The summed E-state index contributed by atoms with van der Waals surface area (Å²) >= 11 is 0. The highest BCUT2D eigenvalue weighted by Gasteiger charge is 2.12. The van der Waals surface area contributed by atoms with Gasteiger partial charge in [0.05, 0.1) is 0 Å². The molecule has 0 saturated heterocycles. The van der Waals surface area contributed by atoms with Crippen LogP contribution in [0.15, 0.2) is 18.3 Å². The molecule has 15 heavy (non-hydrogen) atoms. The Labute approximate surface area is 91.7 Å². The minimum atomic E-state index is 0.539. The maximum atomic E-state index is 8.09. The third-order valence-corrected chi connectivity index (χ3v) is 2.58. The Morgan fingerprint density at radius 2 is 2.00 bits per heavy atom. The van der Waals surface area contributed by atoms with Gasteiger partial charge in [-0.25, -0.2) is 0 Å². The summed E-state index contributed by atoms with van der Waals surface area (Å²) in [4.78, 5) is 6.32. The molecule has 0 radical (unpaired) electrons. The predicted molar refractivity (Wildman–Crippen MR) is 63.4 cm³/mol. The van der Waals surface area contributed by atoms with E-state index in [1.807, 2.05) is 17.0 Å². The highest BCUT2D eigenvalue weighted by Crippen LogP contribution is 2.09. The van der Waals surface area contributed by atoms with Gasteiger partial charge in [-0.3, -0.25) is 10.4 Å². The lowest BCUT2D eigenvalue weighted by atomic mass is 10.1. The van der Waals surface area contributed by atoms with Crippen LogP contribution in [-0.2, 0) is 6.42 Å². The number of nitrogens with one attached hydrogen (secondary N) is 1. The van der Waals surface area contributed by atoms with E-state index in [1.165, 1.54) is 0 Å². The maximum Gasteiger partial charge on any atom is 0.147 e. The second-order valence-corrected chi connectivity index (χ2v) is 3.39. The maximum absolute atomic E-state index is 8.09. The minimum Gasteiger partial charge on any atom is -0.356 e. The predicted octanol–water partition coefficient (Wildman–Crippen LogP) is 2.31. The van der Waals surface area contributed by atoms with Gasteiger partial charge in [0.25, 0.3) is 0 Å². The Kier molecular flexibility index (Phi) is 4.28. The van der Waals surface area contributed by atoms with Crippen molar-refractivity contribution in [3.05, 3.63) is 29.6 Å². The van der Waals surface area contributed by atoms with E-state index in [0.717, 1.165) is 30.8 Å². The lowest BCUT2D eigenvalue weighted by Crippen LogP contribution is -2.31. The molecule has 3 nitrogen and oxygen atoms in total. The molecule has 1 rings (SSSR count). The largest absolute Gasteiger partial charge is 0.356 e. The standard InChI is InChI=1S/C12H19N3/c1-4-10-8-7-9-14-11(10)12(13)15(5-2)6-3/h7-9,13H,4-6H2,1-3H3. The number of amidine groups is 1. The van der Waals surface area contributed by atoms with Crippen molar-refractivity contribution in [3.63, 3.8) is 0 Å². The number of nitrogens with zero attached hydrogens (tertiary/aromatic N) is 2. The number of rotatable bonds is 4. The van der Waals surface area contributed by atoms with Crippen LogP contribution in [0.1, 0.15) is 32.0 Å². The van der Waals surface area contributed by atoms with Crippen LogP contribution in [0, 0.1) is 5.41 Å². The fraction of sp³-hybridized carbons (Fsp3) is 0.500. The van der Waals surface area contributed by atoms with E-state index in [4.69, 9.17) is 5.41 Å². The lowest BCUT2D eigenvalue weighted by Gasteiger charge is -2.22. The first-order chi connectivity index (χ1) is 7.24. The molecule has 0 aromatic carbocycles. The van der Waals surface area contributed by atoms with E-state index in [1.54, 1.807) is 6.20 Å². The molecule has 0 spiro atoms. The number of aryl methyl sites for hydroxylation is 1. The highest BCUT2D eigenvalue weighted by molar-refractivity contribution is 5.95. The summed E-state index contributed by atoms with van der Waals surface area (Å²) in [5.41, 5.74) is 1.97. The van der Waals surface area contributed by atoms with Crippen molar-refractivity contribution in [1.82, 2.24) is 9.88 Å². The molecule has 0 aliphatic carbocycles. The van der Waals surface area contributed by atoms with Gasteiger partial charge >= 0.3 is 0 Å². The van der Waals surface area contributed by atoms with Gasteiger partial charge in [0.1, 0.15) is 11.5 Å². The smallest absolute Gasteiger partial charge is 0.147 e. The molecular weight excluding hydrogens is 186 g/mol. The van der Waals surface area contributed by atoms with Gasteiger partial charge in [-0.05, 0) is 31.9 Å². The molecule has 1 heterocycles. The zero-order valence-electron chi connectivity index (χ0n) is 9.75. The molecule has 1 N–H and O–H groups in total. The van der Waals surface area contributed by atoms with Crippen LogP contribution in [0.5, 0.6) is 0 Å². The Morgan fingerprint density at radius 1 is 1.33 bits per heavy atom. The molecule has 0 unspecified atom stereocenters. The number of pyridine rings is 1. The lowest BCUT2D eigenvalue weighted by molar-refractivity contribution is 0.462. The number of hydrogen-bond donors (Lipinski definition) is 1. The Morgan fingerprint density at radius 3 is 2.53 bits per heavy atom. The minimum absolute atomic E-state index is 0.539. The Hall–Kier alpha value is -1.38. The first kappa shape index (κ1) is 11.7. The van der Waals surface area contributed by atoms with Gasteiger partial charge in [0.15, 0.2) is 0 Å². The summed E-state index contributed by atoms with van der Waals surface area (Å²) < 4.78 is 0. The summed E-state index contributed by atoms with van der Waals surface area (Å²) in [6.45, 7) is 7.93. The second-order valence-electron chi connectivity index (χ2n) is 3.39. The molecule has 0 aliphatic heterocycles. The SMILES string of the molecule is CCc1cccnc1C(=N)N(CC)CC. The van der Waals surface area contributed by atoms with E-state index < -0.39 is 0 Å². The molecule has 0 amide bonds. The van der Waals surface area contributed by atoms with Crippen LogP contribution in [0.2, 0.25) is 0 Å². The topological polar surface area (TPSA) is 40.0 Å². The monoisotopic (exact) mass is 205 g/mol. The molecular formula is C12H19N3. The van der Waals surface area contributed by atoms with Crippen LogP contribution in [0.4, 0.5) is 0 Å². The van der Waals surface area contributed by atoms with Crippen molar-refractivity contribution >= 4 is 5.84 Å². The normalized spacial score (nSPS) is 10.1. The van der Waals surface area contributed by atoms with Crippen molar-refractivity contribution in [1.29, 1.82) is 5.41 Å². The highest BCUT2D eigenvalue weighted by atomic mass is 15.2. The first-order valence-electron chi connectivity index (χ1n) is 5.52. The first-order valence-corrected chi connectivity index (χ1v) is 5.52. The van der Waals surface area contributed by atoms with Crippen LogP contribution in [-0.4, -0.2) is 28.8 Å². The van der Waals surface area contributed by atoms with E-state index >= 15 is 0 Å². The third-order valence-electron chi connectivity index (χ3n) is 2.58. The molecule has 0 saturated carbocycles.